The number of aromatic amines is 1. The zero-order chi connectivity index (χ0) is 20.9. The van der Waals surface area contributed by atoms with E-state index < -0.39 is 5.91 Å². The summed E-state index contributed by atoms with van der Waals surface area (Å²) in [6.07, 6.45) is 3.55. The summed E-state index contributed by atoms with van der Waals surface area (Å²) in [6, 6.07) is 16.3. The molecule has 0 spiro atoms. The van der Waals surface area contributed by atoms with Crippen molar-refractivity contribution < 1.29 is 19.0 Å². The van der Waals surface area contributed by atoms with Gasteiger partial charge in [0, 0.05) is 47.6 Å². The van der Waals surface area contributed by atoms with Crippen LogP contribution in [0, 0.1) is 0 Å². The van der Waals surface area contributed by atoms with E-state index in [2.05, 4.69) is 9.97 Å². The van der Waals surface area contributed by atoms with Crippen molar-refractivity contribution in [3.8, 4) is 28.5 Å². The Bertz CT molecular complexity index is 1170. The number of carbonyl (C=O) groups is 1. The third-order valence-corrected chi connectivity index (χ3v) is 4.60. The van der Waals surface area contributed by atoms with E-state index >= 15 is 0 Å². The van der Waals surface area contributed by atoms with E-state index in [0.717, 1.165) is 16.5 Å². The molecule has 4 rings (SSSR count). The molecule has 7 nitrogen and oxygen atoms in total. The Hall–Kier alpha value is -3.84. The molecule has 7 heteroatoms. The van der Waals surface area contributed by atoms with Gasteiger partial charge in [-0.25, -0.2) is 0 Å². The highest BCUT2D eigenvalue weighted by atomic mass is 16.5. The van der Waals surface area contributed by atoms with Gasteiger partial charge >= 0.3 is 0 Å². The van der Waals surface area contributed by atoms with E-state index in [-0.39, 0.29) is 0 Å². The second kappa shape index (κ2) is 8.67. The van der Waals surface area contributed by atoms with Gasteiger partial charge in [-0.3, -0.25) is 9.78 Å². The Kier molecular flexibility index (Phi) is 5.63. The van der Waals surface area contributed by atoms with Crippen molar-refractivity contribution in [2.75, 3.05) is 20.3 Å². The number of ether oxygens (including phenoxy) is 3. The standard InChI is InChI=1S/C23H21N3O4/c1-28-11-12-29-20-14-18-17(8-10-25-18)13-21(20)30-19-3-2-9-26-22(19)15-4-6-16(7-5-15)23(24)27/h2-10,13-14,25H,11-12H2,1H3,(H2,24,27). The van der Waals surface area contributed by atoms with Gasteiger partial charge < -0.3 is 24.9 Å². The van der Waals surface area contributed by atoms with Crippen LogP contribution in [-0.4, -0.2) is 36.2 Å². The van der Waals surface area contributed by atoms with Crippen molar-refractivity contribution in [3.05, 3.63) is 72.6 Å². The first-order valence-corrected chi connectivity index (χ1v) is 9.41. The number of methoxy groups -OCH3 is 1. The van der Waals surface area contributed by atoms with Crippen LogP contribution in [-0.2, 0) is 4.74 Å². The molecule has 3 N–H and O–H groups in total. The zero-order valence-electron chi connectivity index (χ0n) is 16.4. The average molecular weight is 403 g/mol. The largest absolute Gasteiger partial charge is 0.487 e. The van der Waals surface area contributed by atoms with Crippen LogP contribution >= 0.6 is 0 Å². The molecule has 0 bridgehead atoms. The van der Waals surface area contributed by atoms with E-state index in [1.54, 1.807) is 43.6 Å². The minimum Gasteiger partial charge on any atom is -0.487 e. The average Bonchev–Trinajstić information content (AvgIpc) is 3.22. The highest BCUT2D eigenvalue weighted by Crippen LogP contribution is 2.38. The van der Waals surface area contributed by atoms with Crippen LogP contribution in [0.25, 0.3) is 22.2 Å². The molecule has 1 amide bonds. The highest BCUT2D eigenvalue weighted by molar-refractivity contribution is 5.93. The molecular weight excluding hydrogens is 382 g/mol. The second-order valence-corrected chi connectivity index (χ2v) is 6.60. The summed E-state index contributed by atoms with van der Waals surface area (Å²) in [5.41, 5.74) is 8.16. The van der Waals surface area contributed by atoms with E-state index in [4.69, 9.17) is 19.9 Å². The van der Waals surface area contributed by atoms with Gasteiger partial charge in [-0.15, -0.1) is 0 Å². The van der Waals surface area contributed by atoms with Crippen LogP contribution in [0.5, 0.6) is 17.2 Å². The smallest absolute Gasteiger partial charge is 0.248 e. The van der Waals surface area contributed by atoms with Gasteiger partial charge in [0.25, 0.3) is 0 Å². The summed E-state index contributed by atoms with van der Waals surface area (Å²) in [7, 11) is 1.63. The van der Waals surface area contributed by atoms with Crippen molar-refractivity contribution in [1.82, 2.24) is 9.97 Å². The molecule has 30 heavy (non-hydrogen) atoms. The molecule has 0 aliphatic heterocycles. The van der Waals surface area contributed by atoms with Crippen molar-refractivity contribution >= 4 is 16.8 Å². The van der Waals surface area contributed by atoms with E-state index in [1.807, 2.05) is 30.5 Å². The highest BCUT2D eigenvalue weighted by Gasteiger charge is 2.14. The van der Waals surface area contributed by atoms with Crippen molar-refractivity contribution in [2.45, 2.75) is 0 Å². The maximum Gasteiger partial charge on any atom is 0.248 e. The second-order valence-electron chi connectivity index (χ2n) is 6.60. The number of hydrogen-bond donors (Lipinski definition) is 2. The molecule has 2 aromatic heterocycles. The summed E-state index contributed by atoms with van der Waals surface area (Å²) >= 11 is 0. The molecule has 4 aromatic rings. The van der Waals surface area contributed by atoms with Crippen molar-refractivity contribution in [3.63, 3.8) is 0 Å². The number of carbonyl (C=O) groups excluding carboxylic acids is 1. The third-order valence-electron chi connectivity index (χ3n) is 4.60. The Morgan fingerprint density at radius 2 is 1.87 bits per heavy atom. The normalized spacial score (nSPS) is 10.8. The fourth-order valence-electron chi connectivity index (χ4n) is 3.09. The number of primary amides is 1. The number of benzene rings is 2. The van der Waals surface area contributed by atoms with Gasteiger partial charge in [0.15, 0.2) is 17.2 Å². The number of amides is 1. The molecule has 0 saturated heterocycles. The first-order valence-electron chi connectivity index (χ1n) is 9.41. The summed E-state index contributed by atoms with van der Waals surface area (Å²) in [4.78, 5) is 19.0. The lowest BCUT2D eigenvalue weighted by atomic mass is 10.1. The lowest BCUT2D eigenvalue weighted by molar-refractivity contribution is 0.100. The molecule has 2 heterocycles. The minimum atomic E-state index is -0.475. The molecule has 0 atom stereocenters. The number of rotatable bonds is 8. The molecule has 2 aromatic carbocycles. The topological polar surface area (TPSA) is 99.5 Å². The lowest BCUT2D eigenvalue weighted by Crippen LogP contribution is -2.10. The van der Waals surface area contributed by atoms with Gasteiger partial charge in [0.05, 0.1) is 6.61 Å². The maximum absolute atomic E-state index is 11.3. The summed E-state index contributed by atoms with van der Waals surface area (Å²) < 4.78 is 17.2. The molecule has 0 saturated carbocycles. The van der Waals surface area contributed by atoms with Gasteiger partial charge in [0.2, 0.25) is 5.91 Å². The SMILES string of the molecule is COCCOc1cc2[nH]ccc2cc1Oc1cccnc1-c1ccc(C(N)=O)cc1. The number of aromatic nitrogens is 2. The van der Waals surface area contributed by atoms with E-state index in [9.17, 15) is 4.79 Å². The van der Waals surface area contributed by atoms with Crippen LogP contribution in [0.4, 0.5) is 0 Å². The molecule has 152 valence electrons. The Morgan fingerprint density at radius 3 is 2.63 bits per heavy atom. The van der Waals surface area contributed by atoms with Crippen LogP contribution < -0.4 is 15.2 Å². The first kappa shape index (κ1) is 19.5. The van der Waals surface area contributed by atoms with Crippen LogP contribution in [0.2, 0.25) is 0 Å². The maximum atomic E-state index is 11.3. The van der Waals surface area contributed by atoms with Crippen molar-refractivity contribution in [2.24, 2.45) is 5.73 Å². The summed E-state index contributed by atoms with van der Waals surface area (Å²) in [6.45, 7) is 0.861. The molecule has 0 fully saturated rings. The predicted octanol–water partition coefficient (Wildman–Crippen LogP) is 4.15. The van der Waals surface area contributed by atoms with E-state index in [0.29, 0.717) is 41.7 Å². The lowest BCUT2D eigenvalue weighted by Gasteiger charge is -2.15. The monoisotopic (exact) mass is 403 g/mol. The van der Waals surface area contributed by atoms with Crippen LogP contribution in [0.3, 0.4) is 0 Å². The van der Waals surface area contributed by atoms with Crippen LogP contribution in [0.1, 0.15) is 10.4 Å². The molecule has 0 radical (unpaired) electrons. The zero-order valence-corrected chi connectivity index (χ0v) is 16.4. The summed E-state index contributed by atoms with van der Waals surface area (Å²) in [5.74, 6) is 1.26. The fourth-order valence-corrected chi connectivity index (χ4v) is 3.09. The van der Waals surface area contributed by atoms with E-state index in [1.165, 1.54) is 0 Å². The number of pyridine rings is 1. The minimum absolute atomic E-state index is 0.396. The Morgan fingerprint density at radius 1 is 1.03 bits per heavy atom. The number of nitrogens with two attached hydrogens (primary N) is 1. The first-order chi connectivity index (χ1) is 14.7. The molecule has 0 aliphatic rings. The molecular formula is C23H21N3O4. The fraction of sp³-hybridized carbons (Fsp3) is 0.130. The number of H-pyrrole nitrogens is 1. The third kappa shape index (κ3) is 4.11. The number of nitrogens with one attached hydrogen (secondary N) is 1. The van der Waals surface area contributed by atoms with Gasteiger partial charge in [-0.05, 0) is 36.4 Å². The quantitative estimate of drug-likeness (QED) is 0.431. The Labute approximate surface area is 173 Å². The molecule has 0 unspecified atom stereocenters. The summed E-state index contributed by atoms with van der Waals surface area (Å²) in [5, 5.41) is 1.00. The molecule has 0 aliphatic carbocycles. The van der Waals surface area contributed by atoms with Crippen LogP contribution in [0.15, 0.2) is 67.0 Å². The van der Waals surface area contributed by atoms with Gasteiger partial charge in [-0.1, -0.05) is 12.1 Å². The van der Waals surface area contributed by atoms with Gasteiger partial charge in [0.1, 0.15) is 12.3 Å². The number of hydrogen-bond acceptors (Lipinski definition) is 5. The number of fused-ring (bicyclic) bond motifs is 1. The Balaban J connectivity index is 1.70. The van der Waals surface area contributed by atoms with Gasteiger partial charge in [-0.2, -0.15) is 0 Å². The van der Waals surface area contributed by atoms with Crippen molar-refractivity contribution in [1.29, 1.82) is 0 Å². The number of nitrogens with zero attached hydrogens (tertiary/aromatic N) is 1. The predicted molar refractivity (Wildman–Crippen MR) is 114 cm³/mol.